The number of benzene rings is 1. The summed E-state index contributed by atoms with van der Waals surface area (Å²) in [6, 6.07) is 13.0. The smallest absolute Gasteiger partial charge is 0.138 e. The van der Waals surface area contributed by atoms with Gasteiger partial charge in [0.1, 0.15) is 29.0 Å². The number of hydrogen-bond donors (Lipinski definition) is 4. The molecule has 6 aromatic rings. The molecule has 1 saturated heterocycles. The van der Waals surface area contributed by atoms with Crippen molar-refractivity contribution in [2.75, 3.05) is 45.6 Å². The first kappa shape index (κ1) is 27.9. The van der Waals surface area contributed by atoms with Gasteiger partial charge in [0, 0.05) is 47.5 Å². The molecule has 0 atom stereocenters. The lowest BCUT2D eigenvalue weighted by Crippen LogP contribution is -2.34. The van der Waals surface area contributed by atoms with Gasteiger partial charge in [0.25, 0.3) is 0 Å². The number of H-pyrrole nitrogens is 2. The van der Waals surface area contributed by atoms with Gasteiger partial charge in [0.05, 0.1) is 29.3 Å². The van der Waals surface area contributed by atoms with Crippen molar-refractivity contribution in [1.29, 1.82) is 0 Å². The standard InChI is InChI=1S/C33H34FN9O/c1-43(2)10-9-37-23-12-20(11-22(34)14-23)26-5-8-38-33-27(26)15-30(40-33)32-28-16-29(39-19-31(28)41-42-32)21-13-25(18-36-17-21)44-24-3-6-35-7-4-24/h5,8,11-19,24,35,37H,3-4,6-7,9-10H2,1-2H3,(H,38,40)(H,41,42). The van der Waals surface area contributed by atoms with Crippen LogP contribution in [0.3, 0.4) is 0 Å². The number of rotatable bonds is 9. The van der Waals surface area contributed by atoms with Crippen LogP contribution in [0.2, 0.25) is 0 Å². The third-order valence-corrected chi connectivity index (χ3v) is 7.93. The predicted molar refractivity (Wildman–Crippen MR) is 171 cm³/mol. The first-order valence-corrected chi connectivity index (χ1v) is 14.8. The van der Waals surface area contributed by atoms with Crippen LogP contribution in [0.1, 0.15) is 12.8 Å². The van der Waals surface area contributed by atoms with E-state index in [0.29, 0.717) is 12.2 Å². The minimum absolute atomic E-state index is 0.183. The highest BCUT2D eigenvalue weighted by molar-refractivity contribution is 6.00. The summed E-state index contributed by atoms with van der Waals surface area (Å²) in [4.78, 5) is 19.2. The lowest BCUT2D eigenvalue weighted by atomic mass is 10.0. The molecule has 1 aliphatic rings. The largest absolute Gasteiger partial charge is 0.489 e. The van der Waals surface area contributed by atoms with E-state index in [-0.39, 0.29) is 11.9 Å². The van der Waals surface area contributed by atoms with Crippen molar-refractivity contribution in [3.63, 3.8) is 0 Å². The molecule has 0 amide bonds. The van der Waals surface area contributed by atoms with Gasteiger partial charge in [-0.05, 0) is 93.6 Å². The van der Waals surface area contributed by atoms with Gasteiger partial charge in [-0.15, -0.1) is 0 Å². The van der Waals surface area contributed by atoms with E-state index in [9.17, 15) is 4.39 Å². The Morgan fingerprint density at radius 3 is 2.73 bits per heavy atom. The molecule has 224 valence electrons. The molecule has 1 fully saturated rings. The van der Waals surface area contributed by atoms with Crippen molar-refractivity contribution < 1.29 is 9.13 Å². The van der Waals surface area contributed by atoms with Gasteiger partial charge in [0.15, 0.2) is 0 Å². The van der Waals surface area contributed by atoms with Gasteiger partial charge in [-0.2, -0.15) is 5.10 Å². The highest BCUT2D eigenvalue weighted by Gasteiger charge is 2.18. The quantitative estimate of drug-likeness (QED) is 0.175. The first-order chi connectivity index (χ1) is 21.5. The molecule has 10 nitrogen and oxygen atoms in total. The molecular weight excluding hydrogens is 557 g/mol. The van der Waals surface area contributed by atoms with Gasteiger partial charge < -0.3 is 25.3 Å². The number of ether oxygens (including phenoxy) is 1. The molecule has 4 N–H and O–H groups in total. The zero-order valence-electron chi connectivity index (χ0n) is 24.7. The summed E-state index contributed by atoms with van der Waals surface area (Å²) in [6.45, 7) is 3.48. The van der Waals surface area contributed by atoms with Crippen molar-refractivity contribution in [2.45, 2.75) is 18.9 Å². The van der Waals surface area contributed by atoms with E-state index in [1.165, 1.54) is 6.07 Å². The molecule has 6 heterocycles. The Morgan fingerprint density at radius 1 is 0.977 bits per heavy atom. The summed E-state index contributed by atoms with van der Waals surface area (Å²) in [5, 5.41) is 16.2. The monoisotopic (exact) mass is 591 g/mol. The fourth-order valence-corrected chi connectivity index (χ4v) is 5.69. The van der Waals surface area contributed by atoms with E-state index in [1.54, 1.807) is 30.9 Å². The number of aromatic amines is 2. The number of likely N-dealkylation sites (N-methyl/N-ethyl adjacent to an activating group) is 1. The Balaban J connectivity index is 1.21. The Labute approximate surface area is 254 Å². The van der Waals surface area contributed by atoms with Crippen LogP contribution in [0.15, 0.2) is 67.3 Å². The topological polar surface area (TPSA) is 120 Å². The summed E-state index contributed by atoms with van der Waals surface area (Å²) in [7, 11) is 4.02. The summed E-state index contributed by atoms with van der Waals surface area (Å²) in [6.07, 6.45) is 9.20. The van der Waals surface area contributed by atoms with E-state index in [1.807, 2.05) is 44.4 Å². The number of pyridine rings is 3. The minimum Gasteiger partial charge on any atom is -0.489 e. The number of fused-ring (bicyclic) bond motifs is 2. The molecule has 0 aliphatic carbocycles. The highest BCUT2D eigenvalue weighted by atomic mass is 19.1. The molecule has 11 heteroatoms. The summed E-state index contributed by atoms with van der Waals surface area (Å²) < 4.78 is 20.9. The lowest BCUT2D eigenvalue weighted by molar-refractivity contribution is 0.162. The number of anilines is 1. The molecule has 0 saturated carbocycles. The van der Waals surface area contributed by atoms with Crippen LogP contribution in [-0.4, -0.2) is 81.4 Å². The summed E-state index contributed by atoms with van der Waals surface area (Å²) >= 11 is 0. The van der Waals surface area contributed by atoms with Gasteiger partial charge >= 0.3 is 0 Å². The third kappa shape index (κ3) is 5.84. The molecule has 0 unspecified atom stereocenters. The summed E-state index contributed by atoms with van der Waals surface area (Å²) in [5.74, 6) is 0.444. The van der Waals surface area contributed by atoms with Crippen LogP contribution in [0.5, 0.6) is 5.75 Å². The van der Waals surface area contributed by atoms with Crippen LogP contribution in [0.4, 0.5) is 10.1 Å². The molecule has 5 aromatic heterocycles. The molecule has 44 heavy (non-hydrogen) atoms. The first-order valence-electron chi connectivity index (χ1n) is 14.8. The zero-order chi connectivity index (χ0) is 30.0. The van der Waals surface area contributed by atoms with Crippen molar-refractivity contribution >= 4 is 27.6 Å². The molecule has 0 bridgehead atoms. The van der Waals surface area contributed by atoms with Gasteiger partial charge in [-0.25, -0.2) is 9.37 Å². The second-order valence-corrected chi connectivity index (χ2v) is 11.4. The lowest BCUT2D eigenvalue weighted by Gasteiger charge is -2.23. The van der Waals surface area contributed by atoms with Crippen LogP contribution < -0.4 is 15.4 Å². The van der Waals surface area contributed by atoms with Crippen molar-refractivity contribution in [2.24, 2.45) is 0 Å². The van der Waals surface area contributed by atoms with E-state index < -0.39 is 0 Å². The van der Waals surface area contributed by atoms with Crippen molar-refractivity contribution in [3.05, 3.63) is 73.1 Å². The van der Waals surface area contributed by atoms with E-state index in [4.69, 9.17) is 4.74 Å². The average molecular weight is 592 g/mol. The highest BCUT2D eigenvalue weighted by Crippen LogP contribution is 2.35. The van der Waals surface area contributed by atoms with Crippen molar-refractivity contribution in [3.8, 4) is 39.5 Å². The Bertz CT molecular complexity index is 1930. The van der Waals surface area contributed by atoms with Crippen LogP contribution >= 0.6 is 0 Å². The van der Waals surface area contributed by atoms with Gasteiger partial charge in [-0.3, -0.25) is 15.1 Å². The number of piperidine rings is 1. The average Bonchev–Trinajstić information content (AvgIpc) is 3.65. The fraction of sp³-hybridized carbons (Fsp3) is 0.273. The number of aromatic nitrogens is 6. The normalized spacial score (nSPS) is 14.1. The minimum atomic E-state index is -0.298. The van der Waals surface area contributed by atoms with E-state index in [2.05, 4.69) is 45.7 Å². The maximum absolute atomic E-state index is 14.7. The molecule has 7 rings (SSSR count). The second-order valence-electron chi connectivity index (χ2n) is 11.4. The molecule has 1 aromatic carbocycles. The maximum Gasteiger partial charge on any atom is 0.138 e. The van der Waals surface area contributed by atoms with E-state index in [0.717, 1.165) is 94.0 Å². The molecular formula is C33H34FN9O. The van der Waals surface area contributed by atoms with Crippen LogP contribution in [0, 0.1) is 5.82 Å². The maximum atomic E-state index is 14.7. The number of halogens is 1. The zero-order valence-corrected chi connectivity index (χ0v) is 24.7. The fourth-order valence-electron chi connectivity index (χ4n) is 5.69. The molecule has 0 radical (unpaired) electrons. The Morgan fingerprint density at radius 2 is 1.86 bits per heavy atom. The number of nitrogens with one attached hydrogen (secondary N) is 4. The van der Waals surface area contributed by atoms with Gasteiger partial charge in [-0.1, -0.05) is 0 Å². The SMILES string of the molecule is CN(C)CCNc1cc(F)cc(-c2ccnc3[nH]c(-c4n[nH]c5cnc(-c6cncc(OC7CCNCC7)c6)cc45)cc23)c1. The predicted octanol–water partition coefficient (Wildman–Crippen LogP) is 5.47. The third-order valence-electron chi connectivity index (χ3n) is 7.93. The molecule has 1 aliphatic heterocycles. The summed E-state index contributed by atoms with van der Waals surface area (Å²) in [5.41, 5.74) is 7.07. The van der Waals surface area contributed by atoms with Gasteiger partial charge in [0.2, 0.25) is 0 Å². The van der Waals surface area contributed by atoms with Crippen molar-refractivity contribution in [1.82, 2.24) is 40.3 Å². The second kappa shape index (κ2) is 12.0. The van der Waals surface area contributed by atoms with Crippen LogP contribution in [-0.2, 0) is 0 Å². The molecule has 0 spiro atoms. The Kier molecular flexibility index (Phi) is 7.63. The van der Waals surface area contributed by atoms with E-state index >= 15 is 0 Å². The number of hydrogen-bond acceptors (Lipinski definition) is 8. The Hall–Kier alpha value is -4.87. The van der Waals surface area contributed by atoms with Crippen LogP contribution in [0.25, 0.3) is 55.7 Å². The number of nitrogens with zero attached hydrogens (tertiary/aromatic N) is 5.